The van der Waals surface area contributed by atoms with Crippen molar-refractivity contribution in [3.63, 3.8) is 0 Å². The molecule has 9 heteroatoms. The molecule has 35 heavy (non-hydrogen) atoms. The van der Waals surface area contributed by atoms with Gasteiger partial charge in [-0.1, -0.05) is 13.8 Å². The summed E-state index contributed by atoms with van der Waals surface area (Å²) in [5, 5.41) is 9.74. The van der Waals surface area contributed by atoms with E-state index in [0.717, 1.165) is 38.0 Å². The molecule has 4 rings (SSSR count). The van der Waals surface area contributed by atoms with Gasteiger partial charge in [0.1, 0.15) is 5.52 Å². The Morgan fingerprint density at radius 2 is 1.80 bits per heavy atom. The molecule has 0 saturated carbocycles. The highest BCUT2D eigenvalue weighted by molar-refractivity contribution is 6.08. The number of nitrogens with one attached hydrogen (secondary N) is 1. The minimum Gasteiger partial charge on any atom is -0.493 e. The summed E-state index contributed by atoms with van der Waals surface area (Å²) in [7, 11) is 4.68. The smallest absolute Gasteiger partial charge is 0.203 e. The molecule has 1 fully saturated rings. The number of benzene rings is 1. The molecule has 0 atom stereocenters. The molecule has 1 aliphatic heterocycles. The molecule has 1 aliphatic rings. The number of carbonyl (C=O) groups excluding carboxylic acids is 1. The van der Waals surface area contributed by atoms with Crippen LogP contribution in [0, 0.1) is 5.41 Å². The summed E-state index contributed by atoms with van der Waals surface area (Å²) in [6.45, 7) is 6.49. The van der Waals surface area contributed by atoms with Gasteiger partial charge in [0, 0.05) is 30.3 Å². The van der Waals surface area contributed by atoms with Gasteiger partial charge in [0.15, 0.2) is 22.9 Å². The summed E-state index contributed by atoms with van der Waals surface area (Å²) < 4.78 is 16.4. The van der Waals surface area contributed by atoms with Crippen LogP contribution in [0.5, 0.6) is 17.2 Å². The number of ketones is 1. The average molecular weight is 483 g/mol. The first-order chi connectivity index (χ1) is 16.8. The maximum absolute atomic E-state index is 13.6. The van der Waals surface area contributed by atoms with Crippen LogP contribution in [0.1, 0.15) is 43.5 Å². The molecule has 2 N–H and O–H groups in total. The van der Waals surface area contributed by atoms with Crippen LogP contribution in [-0.4, -0.2) is 77.8 Å². The third kappa shape index (κ3) is 5.11. The van der Waals surface area contributed by atoms with Gasteiger partial charge in [0.2, 0.25) is 5.75 Å². The first-order valence-electron chi connectivity index (χ1n) is 11.9. The maximum Gasteiger partial charge on any atom is 0.203 e. The predicted octanol–water partition coefficient (Wildman–Crippen LogP) is 3.71. The first kappa shape index (κ1) is 24.9. The Bertz CT molecular complexity index is 1170. The fraction of sp³-hybridized carbons (Fsp3) is 0.500. The molecule has 0 unspecified atom stereocenters. The van der Waals surface area contributed by atoms with Crippen molar-refractivity contribution in [3.8, 4) is 28.5 Å². The molecule has 1 aromatic carbocycles. The number of aromatic nitrogens is 3. The number of aromatic amines is 1. The van der Waals surface area contributed by atoms with E-state index in [1.165, 1.54) is 0 Å². The molecule has 3 heterocycles. The number of nitrogens with zero attached hydrogens (tertiary/aromatic N) is 3. The lowest BCUT2D eigenvalue weighted by molar-refractivity contribution is 0.0682. The van der Waals surface area contributed by atoms with Gasteiger partial charge in [-0.3, -0.25) is 4.79 Å². The number of piperidine rings is 1. The number of methoxy groups -OCH3 is 3. The molecule has 0 spiro atoms. The number of rotatable bonds is 9. The average Bonchev–Trinajstić information content (AvgIpc) is 3.30. The van der Waals surface area contributed by atoms with Crippen LogP contribution in [0.3, 0.4) is 0 Å². The Hall–Kier alpha value is -3.17. The number of aliphatic hydroxyl groups is 1. The van der Waals surface area contributed by atoms with Gasteiger partial charge in [0.05, 0.1) is 44.9 Å². The number of hydrogen-bond acceptors (Lipinski definition) is 8. The van der Waals surface area contributed by atoms with Gasteiger partial charge in [-0.25, -0.2) is 9.97 Å². The summed E-state index contributed by atoms with van der Waals surface area (Å²) in [5.41, 5.74) is 2.38. The molecule has 0 aliphatic carbocycles. The lowest BCUT2D eigenvalue weighted by atomic mass is 9.81. The highest BCUT2D eigenvalue weighted by Gasteiger charge is 2.32. The summed E-state index contributed by atoms with van der Waals surface area (Å²) >= 11 is 0. The number of hydrogen-bond donors (Lipinski definition) is 2. The van der Waals surface area contributed by atoms with Crippen molar-refractivity contribution >= 4 is 16.9 Å². The topological polar surface area (TPSA) is 110 Å². The van der Waals surface area contributed by atoms with E-state index in [1.54, 1.807) is 33.7 Å². The zero-order valence-electron chi connectivity index (χ0n) is 21.1. The van der Waals surface area contributed by atoms with Gasteiger partial charge < -0.3 is 29.2 Å². The Morgan fingerprint density at radius 1 is 1.14 bits per heavy atom. The first-order valence-corrected chi connectivity index (χ1v) is 11.9. The van der Waals surface area contributed by atoms with Crippen LogP contribution in [0.2, 0.25) is 0 Å². The fourth-order valence-electron chi connectivity index (χ4n) is 4.49. The molecule has 0 radical (unpaired) electrons. The lowest BCUT2D eigenvalue weighted by Crippen LogP contribution is -2.39. The van der Waals surface area contributed by atoms with Crippen molar-refractivity contribution in [2.45, 2.75) is 39.2 Å². The molecule has 3 aromatic rings. The third-order valence-electron chi connectivity index (χ3n) is 6.81. The molecule has 0 bridgehead atoms. The van der Waals surface area contributed by atoms with Crippen LogP contribution >= 0.6 is 0 Å². The number of carbonyl (C=O) groups is 1. The Balaban J connectivity index is 1.61. The minimum atomic E-state index is -0.574. The van der Waals surface area contributed by atoms with E-state index in [9.17, 15) is 9.90 Å². The summed E-state index contributed by atoms with van der Waals surface area (Å²) in [4.78, 5) is 28.3. The molecular weight excluding hydrogens is 448 g/mol. The van der Waals surface area contributed by atoms with Crippen LogP contribution in [0.4, 0.5) is 0 Å². The minimum absolute atomic E-state index is 0.0251. The second kappa shape index (κ2) is 10.2. The lowest BCUT2D eigenvalue weighted by Gasteiger charge is -2.32. The highest BCUT2D eigenvalue weighted by Crippen LogP contribution is 2.41. The van der Waals surface area contributed by atoms with E-state index in [2.05, 4.69) is 14.9 Å². The van der Waals surface area contributed by atoms with Gasteiger partial charge in [-0.05, 0) is 37.9 Å². The molecular formula is C26H34N4O5. The third-order valence-corrected chi connectivity index (χ3v) is 6.81. The largest absolute Gasteiger partial charge is 0.493 e. The van der Waals surface area contributed by atoms with Gasteiger partial charge in [-0.2, -0.15) is 0 Å². The van der Waals surface area contributed by atoms with Crippen molar-refractivity contribution in [3.05, 3.63) is 30.1 Å². The van der Waals surface area contributed by atoms with Crippen molar-refractivity contribution in [2.24, 2.45) is 5.41 Å². The molecule has 188 valence electrons. The Kier molecular flexibility index (Phi) is 7.28. The van der Waals surface area contributed by atoms with Crippen LogP contribution in [0.15, 0.2) is 24.5 Å². The zero-order chi connectivity index (χ0) is 25.2. The van der Waals surface area contributed by atoms with E-state index in [-0.39, 0.29) is 11.9 Å². The Labute approximate surface area is 205 Å². The van der Waals surface area contributed by atoms with E-state index >= 15 is 0 Å². The Morgan fingerprint density at radius 3 is 2.40 bits per heavy atom. The second-order valence-corrected chi connectivity index (χ2v) is 9.60. The van der Waals surface area contributed by atoms with Gasteiger partial charge >= 0.3 is 0 Å². The molecule has 2 aromatic heterocycles. The van der Waals surface area contributed by atoms with Crippen LogP contribution in [0.25, 0.3) is 22.4 Å². The number of ether oxygens (including phenoxy) is 3. The van der Waals surface area contributed by atoms with Crippen molar-refractivity contribution < 1.29 is 24.1 Å². The van der Waals surface area contributed by atoms with E-state index in [4.69, 9.17) is 19.2 Å². The number of aliphatic hydroxyl groups excluding tert-OH is 1. The van der Waals surface area contributed by atoms with Crippen LogP contribution in [-0.2, 0) is 0 Å². The fourth-order valence-corrected chi connectivity index (χ4v) is 4.49. The van der Waals surface area contributed by atoms with E-state index in [1.807, 2.05) is 26.0 Å². The van der Waals surface area contributed by atoms with Crippen molar-refractivity contribution in [1.29, 1.82) is 0 Å². The molecule has 1 saturated heterocycles. The molecule has 0 amide bonds. The highest BCUT2D eigenvalue weighted by atomic mass is 16.5. The number of fused-ring (bicyclic) bond motifs is 1. The summed E-state index contributed by atoms with van der Waals surface area (Å²) in [6, 6.07) is 3.62. The van der Waals surface area contributed by atoms with E-state index < -0.39 is 5.41 Å². The standard InChI is InChI=1S/C26H34N4O5/c1-26(2,8-11-30-9-6-17(31)7-10-30)24(32)18-14-27-25-22(18)29-19(15-28-25)16-12-20(33-3)23(35-5)21(13-16)34-4/h12-15,17,31H,6-11H2,1-5H3,(H,27,28). The maximum atomic E-state index is 13.6. The van der Waals surface area contributed by atoms with Gasteiger partial charge in [0.25, 0.3) is 0 Å². The second-order valence-electron chi connectivity index (χ2n) is 9.60. The zero-order valence-corrected chi connectivity index (χ0v) is 21.1. The van der Waals surface area contributed by atoms with Gasteiger partial charge in [-0.15, -0.1) is 0 Å². The molecule has 9 nitrogen and oxygen atoms in total. The quantitative estimate of drug-likeness (QED) is 0.444. The number of H-pyrrole nitrogens is 1. The summed E-state index contributed by atoms with van der Waals surface area (Å²) in [5.74, 6) is 1.55. The normalized spacial score (nSPS) is 15.4. The summed E-state index contributed by atoms with van der Waals surface area (Å²) in [6.07, 6.45) is 5.45. The van der Waals surface area contributed by atoms with Crippen molar-refractivity contribution in [1.82, 2.24) is 19.9 Å². The predicted molar refractivity (Wildman–Crippen MR) is 133 cm³/mol. The van der Waals surface area contributed by atoms with E-state index in [0.29, 0.717) is 46.1 Å². The van der Waals surface area contributed by atoms with Crippen molar-refractivity contribution in [2.75, 3.05) is 41.0 Å². The van der Waals surface area contributed by atoms with Crippen LogP contribution < -0.4 is 14.2 Å². The number of Topliss-reactive ketones (excluding diaryl/α,β-unsaturated/α-hetero) is 1. The SMILES string of the molecule is COc1cc(-c2cnc3[nH]cc(C(=O)C(C)(C)CCN4CCC(O)CC4)c3n2)cc(OC)c1OC. The monoisotopic (exact) mass is 482 g/mol. The number of likely N-dealkylation sites (tertiary alicyclic amines) is 1.